The fourth-order valence-corrected chi connectivity index (χ4v) is 1.74. The molecular weight excluding hydrogens is 144 g/mol. The summed E-state index contributed by atoms with van der Waals surface area (Å²) in [5.41, 5.74) is 0. The van der Waals surface area contributed by atoms with Gasteiger partial charge in [-0.2, -0.15) is 0 Å². The highest BCUT2D eigenvalue weighted by molar-refractivity contribution is 6.08. The summed E-state index contributed by atoms with van der Waals surface area (Å²) in [6.45, 7) is 3.86. The number of epoxide rings is 1. The highest BCUT2D eigenvalue weighted by atomic mass is 28.1. The summed E-state index contributed by atoms with van der Waals surface area (Å²) in [6, 6.07) is 1.34. The molecule has 0 amide bonds. The van der Waals surface area contributed by atoms with Gasteiger partial charge in [0.25, 0.3) is 0 Å². The Morgan fingerprint density at radius 1 is 1.80 bits per heavy atom. The molecule has 0 aromatic heterocycles. The first-order chi connectivity index (χ1) is 4.83. The molecule has 10 heavy (non-hydrogen) atoms. The van der Waals surface area contributed by atoms with Crippen molar-refractivity contribution in [2.24, 2.45) is 0 Å². The molecule has 1 heterocycles. The highest BCUT2D eigenvalue weighted by Crippen LogP contribution is 2.11. The van der Waals surface area contributed by atoms with Gasteiger partial charge in [-0.25, -0.2) is 0 Å². The van der Waals surface area contributed by atoms with Crippen LogP contribution in [0.2, 0.25) is 6.04 Å². The van der Waals surface area contributed by atoms with Gasteiger partial charge in [-0.15, -0.1) is 0 Å². The molecule has 2 unspecified atom stereocenters. The standard InChI is InChI=1S/C7H16O2Si/c1-6(2-3-10)8-4-7-5-9-7/h6-7H,2-5H2,1,10H3. The molecule has 2 nitrogen and oxygen atoms in total. The predicted molar refractivity (Wildman–Crippen MR) is 44.5 cm³/mol. The van der Waals surface area contributed by atoms with Crippen LogP contribution in [0.15, 0.2) is 0 Å². The average molecular weight is 160 g/mol. The molecule has 2 atom stereocenters. The van der Waals surface area contributed by atoms with Crippen molar-refractivity contribution in [2.45, 2.75) is 31.6 Å². The molecule has 1 aliphatic heterocycles. The number of ether oxygens (including phenoxy) is 2. The van der Waals surface area contributed by atoms with Crippen molar-refractivity contribution in [1.82, 2.24) is 0 Å². The van der Waals surface area contributed by atoms with Gasteiger partial charge in [-0.3, -0.25) is 0 Å². The Kier molecular flexibility index (Phi) is 3.38. The zero-order valence-corrected chi connectivity index (χ0v) is 8.80. The molecule has 0 aromatic carbocycles. The van der Waals surface area contributed by atoms with Crippen molar-refractivity contribution in [3.63, 3.8) is 0 Å². The number of rotatable bonds is 5. The minimum Gasteiger partial charge on any atom is -0.376 e. The summed E-state index contributed by atoms with van der Waals surface area (Å²) in [5, 5.41) is 0. The van der Waals surface area contributed by atoms with Crippen molar-refractivity contribution < 1.29 is 9.47 Å². The zero-order chi connectivity index (χ0) is 7.40. The van der Waals surface area contributed by atoms with Crippen LogP contribution in [0, 0.1) is 0 Å². The van der Waals surface area contributed by atoms with E-state index < -0.39 is 0 Å². The minimum atomic E-state index is 0.427. The summed E-state index contributed by atoms with van der Waals surface area (Å²) < 4.78 is 10.5. The van der Waals surface area contributed by atoms with E-state index in [4.69, 9.17) is 9.47 Å². The second kappa shape index (κ2) is 4.11. The van der Waals surface area contributed by atoms with Gasteiger partial charge in [0.2, 0.25) is 0 Å². The molecular formula is C7H16O2Si. The summed E-state index contributed by atoms with van der Waals surface area (Å²) in [7, 11) is 1.29. The Balaban J connectivity index is 1.89. The Morgan fingerprint density at radius 3 is 3.00 bits per heavy atom. The van der Waals surface area contributed by atoms with E-state index in [1.54, 1.807) is 0 Å². The van der Waals surface area contributed by atoms with Crippen molar-refractivity contribution in [1.29, 1.82) is 0 Å². The Labute approximate surface area is 65.3 Å². The molecule has 0 aliphatic carbocycles. The zero-order valence-electron chi connectivity index (χ0n) is 6.80. The van der Waals surface area contributed by atoms with Crippen molar-refractivity contribution in [3.05, 3.63) is 0 Å². The number of hydrogen-bond acceptors (Lipinski definition) is 2. The van der Waals surface area contributed by atoms with Crippen LogP contribution in [-0.2, 0) is 9.47 Å². The van der Waals surface area contributed by atoms with Gasteiger partial charge in [0.05, 0.1) is 19.3 Å². The van der Waals surface area contributed by atoms with Gasteiger partial charge < -0.3 is 9.47 Å². The highest BCUT2D eigenvalue weighted by Gasteiger charge is 2.22. The van der Waals surface area contributed by atoms with Gasteiger partial charge in [-0.05, 0) is 13.3 Å². The molecule has 0 saturated carbocycles. The number of hydrogen-bond donors (Lipinski definition) is 0. The molecule has 0 spiro atoms. The Bertz CT molecular complexity index is 93.6. The molecule has 0 radical (unpaired) electrons. The van der Waals surface area contributed by atoms with Crippen molar-refractivity contribution >= 4 is 10.2 Å². The van der Waals surface area contributed by atoms with Crippen LogP contribution in [0.1, 0.15) is 13.3 Å². The van der Waals surface area contributed by atoms with Gasteiger partial charge in [0.15, 0.2) is 0 Å². The maximum absolute atomic E-state index is 5.50. The maximum Gasteiger partial charge on any atom is 0.104 e. The summed E-state index contributed by atoms with van der Waals surface area (Å²) in [5.74, 6) is 0. The van der Waals surface area contributed by atoms with Gasteiger partial charge in [0, 0.05) is 10.2 Å². The van der Waals surface area contributed by atoms with Crippen LogP contribution in [0.5, 0.6) is 0 Å². The SMILES string of the molecule is CC(CC[SiH3])OCC1CO1. The van der Waals surface area contributed by atoms with Gasteiger partial charge >= 0.3 is 0 Å². The summed E-state index contributed by atoms with van der Waals surface area (Å²) in [6.07, 6.45) is 2.09. The van der Waals surface area contributed by atoms with E-state index in [1.807, 2.05) is 0 Å². The first-order valence-electron chi connectivity index (χ1n) is 4.06. The Hall–Kier alpha value is 0.137. The first-order valence-corrected chi connectivity index (χ1v) is 5.47. The molecule has 3 heteroatoms. The van der Waals surface area contributed by atoms with Gasteiger partial charge in [0.1, 0.15) is 6.10 Å². The molecule has 0 N–H and O–H groups in total. The van der Waals surface area contributed by atoms with Crippen molar-refractivity contribution in [3.8, 4) is 0 Å². The molecule has 1 saturated heterocycles. The van der Waals surface area contributed by atoms with E-state index >= 15 is 0 Å². The molecule has 0 bridgehead atoms. The van der Waals surface area contributed by atoms with Gasteiger partial charge in [-0.1, -0.05) is 6.04 Å². The van der Waals surface area contributed by atoms with Crippen LogP contribution in [-0.4, -0.2) is 35.7 Å². The lowest BCUT2D eigenvalue weighted by atomic mass is 10.3. The molecule has 1 aliphatic rings. The van der Waals surface area contributed by atoms with E-state index in [2.05, 4.69) is 6.92 Å². The lowest BCUT2D eigenvalue weighted by molar-refractivity contribution is 0.0524. The average Bonchev–Trinajstić information content (AvgIpc) is 2.67. The lowest BCUT2D eigenvalue weighted by Gasteiger charge is -2.09. The van der Waals surface area contributed by atoms with Crippen molar-refractivity contribution in [2.75, 3.05) is 13.2 Å². The topological polar surface area (TPSA) is 21.8 Å². The molecule has 1 fully saturated rings. The minimum absolute atomic E-state index is 0.427. The van der Waals surface area contributed by atoms with Crippen LogP contribution in [0.3, 0.4) is 0 Å². The van der Waals surface area contributed by atoms with Crippen LogP contribution in [0.4, 0.5) is 0 Å². The summed E-state index contributed by atoms with van der Waals surface area (Å²) >= 11 is 0. The van der Waals surface area contributed by atoms with Crippen LogP contribution in [0.25, 0.3) is 0 Å². The normalized spacial score (nSPS) is 26.7. The lowest BCUT2D eigenvalue weighted by Crippen LogP contribution is -2.11. The maximum atomic E-state index is 5.50. The Morgan fingerprint density at radius 2 is 2.50 bits per heavy atom. The second-order valence-corrected chi connectivity index (χ2v) is 3.89. The quantitative estimate of drug-likeness (QED) is 0.416. The third-order valence-corrected chi connectivity index (χ3v) is 2.24. The van der Waals surface area contributed by atoms with E-state index in [0.717, 1.165) is 13.2 Å². The van der Waals surface area contributed by atoms with Crippen LogP contribution < -0.4 is 0 Å². The predicted octanol–water partition coefficient (Wildman–Crippen LogP) is -0.0359. The fraction of sp³-hybridized carbons (Fsp3) is 1.00. The van der Waals surface area contributed by atoms with E-state index in [-0.39, 0.29) is 0 Å². The van der Waals surface area contributed by atoms with E-state index in [0.29, 0.717) is 12.2 Å². The molecule has 60 valence electrons. The smallest absolute Gasteiger partial charge is 0.104 e. The second-order valence-electron chi connectivity index (χ2n) is 2.89. The summed E-state index contributed by atoms with van der Waals surface area (Å²) in [4.78, 5) is 0. The first kappa shape index (κ1) is 8.24. The third kappa shape index (κ3) is 3.34. The molecule has 1 rings (SSSR count). The monoisotopic (exact) mass is 160 g/mol. The largest absolute Gasteiger partial charge is 0.376 e. The third-order valence-electron chi connectivity index (χ3n) is 1.66. The van der Waals surface area contributed by atoms with E-state index in [9.17, 15) is 0 Å². The fourth-order valence-electron chi connectivity index (χ4n) is 0.926. The molecule has 0 aromatic rings. The van der Waals surface area contributed by atoms with Crippen LogP contribution >= 0.6 is 0 Å². The van der Waals surface area contributed by atoms with E-state index in [1.165, 1.54) is 22.7 Å².